The first-order valence-electron chi connectivity index (χ1n) is 6.83. The summed E-state index contributed by atoms with van der Waals surface area (Å²) < 4.78 is 27.1. The fourth-order valence-corrected chi connectivity index (χ4v) is 5.53. The summed E-state index contributed by atoms with van der Waals surface area (Å²) in [7, 11) is -3.34. The minimum atomic E-state index is -3.34. The molecule has 1 fully saturated rings. The third-order valence-corrected chi connectivity index (χ3v) is 7.23. The van der Waals surface area contributed by atoms with E-state index in [1.54, 1.807) is 10.4 Å². The zero-order valence-electron chi connectivity index (χ0n) is 11.5. The number of sulfonamides is 1. The Labute approximate surface area is 119 Å². The first-order valence-corrected chi connectivity index (χ1v) is 9.09. The van der Waals surface area contributed by atoms with Gasteiger partial charge in [0.1, 0.15) is 4.21 Å². The first kappa shape index (κ1) is 15.0. The van der Waals surface area contributed by atoms with Gasteiger partial charge in [-0.25, -0.2) is 8.42 Å². The molecular formula is C13H22N2O2S2. The lowest BCUT2D eigenvalue weighted by Crippen LogP contribution is -2.32. The maximum absolute atomic E-state index is 12.5. The highest BCUT2D eigenvalue weighted by atomic mass is 32.2. The van der Waals surface area contributed by atoms with Crippen LogP contribution in [0.15, 0.2) is 16.3 Å². The van der Waals surface area contributed by atoms with Crippen molar-refractivity contribution in [1.29, 1.82) is 0 Å². The Morgan fingerprint density at radius 1 is 1.37 bits per heavy atom. The Hall–Kier alpha value is -0.430. The topological polar surface area (TPSA) is 63.4 Å². The summed E-state index contributed by atoms with van der Waals surface area (Å²) in [5.74, 6) is 0.297. The molecule has 0 saturated carbocycles. The van der Waals surface area contributed by atoms with Crippen molar-refractivity contribution in [3.05, 3.63) is 17.0 Å². The van der Waals surface area contributed by atoms with Crippen LogP contribution in [0.3, 0.4) is 0 Å². The second-order valence-corrected chi connectivity index (χ2v) is 8.44. The standard InChI is InChI=1S/C13H22N2O2S2/c1-3-5-10-8-15(9-12(10)14)19(16,17)13-7-6-11(4-2)18-13/h6-7,10,12H,3-5,8-9,14H2,1-2H3/t10-,12-/m0/s1. The largest absolute Gasteiger partial charge is 0.326 e. The smallest absolute Gasteiger partial charge is 0.252 e. The molecule has 2 atom stereocenters. The lowest BCUT2D eigenvalue weighted by molar-refractivity contribution is 0.440. The van der Waals surface area contributed by atoms with Gasteiger partial charge in [-0.15, -0.1) is 11.3 Å². The maximum Gasteiger partial charge on any atom is 0.252 e. The van der Waals surface area contributed by atoms with Crippen LogP contribution in [-0.2, 0) is 16.4 Å². The van der Waals surface area contributed by atoms with E-state index in [1.165, 1.54) is 11.3 Å². The quantitative estimate of drug-likeness (QED) is 0.905. The van der Waals surface area contributed by atoms with Crippen LogP contribution in [0.5, 0.6) is 0 Å². The molecule has 1 aliphatic rings. The van der Waals surface area contributed by atoms with E-state index in [1.807, 2.05) is 13.0 Å². The van der Waals surface area contributed by atoms with Crippen molar-refractivity contribution in [2.75, 3.05) is 13.1 Å². The molecule has 4 nitrogen and oxygen atoms in total. The summed E-state index contributed by atoms with van der Waals surface area (Å²) in [6.07, 6.45) is 2.92. The number of rotatable bonds is 5. The van der Waals surface area contributed by atoms with E-state index in [-0.39, 0.29) is 6.04 Å². The number of nitrogens with two attached hydrogens (primary N) is 1. The van der Waals surface area contributed by atoms with E-state index in [2.05, 4.69) is 6.92 Å². The Morgan fingerprint density at radius 3 is 2.68 bits per heavy atom. The van der Waals surface area contributed by atoms with Crippen LogP contribution in [0.4, 0.5) is 0 Å². The minimum absolute atomic E-state index is 0.0275. The molecule has 2 heterocycles. The lowest BCUT2D eigenvalue weighted by atomic mass is 9.99. The Kier molecular flexibility index (Phi) is 4.66. The average Bonchev–Trinajstić information content (AvgIpc) is 2.98. The van der Waals surface area contributed by atoms with Gasteiger partial charge in [-0.1, -0.05) is 20.3 Å². The average molecular weight is 302 g/mol. The van der Waals surface area contributed by atoms with Crippen LogP contribution in [0.2, 0.25) is 0 Å². The van der Waals surface area contributed by atoms with Gasteiger partial charge < -0.3 is 5.73 Å². The molecule has 0 aliphatic carbocycles. The Morgan fingerprint density at radius 2 is 2.11 bits per heavy atom. The molecule has 6 heteroatoms. The fraction of sp³-hybridized carbons (Fsp3) is 0.692. The van der Waals surface area contributed by atoms with Crippen LogP contribution in [0.25, 0.3) is 0 Å². The highest BCUT2D eigenvalue weighted by Gasteiger charge is 2.37. The van der Waals surface area contributed by atoms with Gasteiger partial charge in [0.15, 0.2) is 0 Å². The lowest BCUT2D eigenvalue weighted by Gasteiger charge is -2.14. The fourth-order valence-electron chi connectivity index (χ4n) is 2.54. The molecule has 108 valence electrons. The van der Waals surface area contributed by atoms with Crippen LogP contribution >= 0.6 is 11.3 Å². The van der Waals surface area contributed by atoms with Crippen molar-refractivity contribution < 1.29 is 8.42 Å². The second kappa shape index (κ2) is 5.91. The maximum atomic E-state index is 12.5. The molecule has 0 spiro atoms. The zero-order chi connectivity index (χ0) is 14.0. The Balaban J connectivity index is 2.17. The van der Waals surface area contributed by atoms with Crippen LogP contribution < -0.4 is 5.73 Å². The predicted molar refractivity (Wildman–Crippen MR) is 78.8 cm³/mol. The van der Waals surface area contributed by atoms with E-state index in [4.69, 9.17) is 5.73 Å². The minimum Gasteiger partial charge on any atom is -0.326 e. The van der Waals surface area contributed by atoms with Crippen molar-refractivity contribution in [3.63, 3.8) is 0 Å². The number of aryl methyl sites for hydroxylation is 1. The van der Waals surface area contributed by atoms with E-state index in [0.717, 1.165) is 24.1 Å². The number of hydrogen-bond acceptors (Lipinski definition) is 4. The normalized spacial score (nSPS) is 25.0. The molecule has 0 radical (unpaired) electrons. The summed E-state index contributed by atoms with van der Waals surface area (Å²) >= 11 is 1.37. The highest BCUT2D eigenvalue weighted by Crippen LogP contribution is 2.30. The van der Waals surface area contributed by atoms with E-state index < -0.39 is 10.0 Å². The summed E-state index contributed by atoms with van der Waals surface area (Å²) in [6.45, 7) is 5.16. The van der Waals surface area contributed by atoms with Crippen LogP contribution in [-0.4, -0.2) is 31.9 Å². The molecule has 0 bridgehead atoms. The molecule has 0 unspecified atom stereocenters. The van der Waals surface area contributed by atoms with Crippen molar-refractivity contribution >= 4 is 21.4 Å². The molecule has 19 heavy (non-hydrogen) atoms. The highest BCUT2D eigenvalue weighted by molar-refractivity contribution is 7.91. The third kappa shape index (κ3) is 3.02. The van der Waals surface area contributed by atoms with Gasteiger partial charge in [0.2, 0.25) is 0 Å². The molecule has 0 amide bonds. The van der Waals surface area contributed by atoms with Gasteiger partial charge in [-0.05, 0) is 30.9 Å². The molecule has 1 aromatic rings. The molecule has 1 saturated heterocycles. The monoisotopic (exact) mass is 302 g/mol. The van der Waals surface area contributed by atoms with Gasteiger partial charge in [0.05, 0.1) is 0 Å². The van der Waals surface area contributed by atoms with Gasteiger partial charge >= 0.3 is 0 Å². The zero-order valence-corrected chi connectivity index (χ0v) is 13.1. The van der Waals surface area contributed by atoms with Gasteiger partial charge in [-0.3, -0.25) is 0 Å². The number of thiophene rings is 1. The molecule has 1 aromatic heterocycles. The van der Waals surface area contributed by atoms with E-state index in [0.29, 0.717) is 23.2 Å². The van der Waals surface area contributed by atoms with Gasteiger partial charge in [0, 0.05) is 24.0 Å². The summed E-state index contributed by atoms with van der Waals surface area (Å²) in [4.78, 5) is 1.10. The molecule has 0 aromatic carbocycles. The van der Waals surface area contributed by atoms with Crippen LogP contribution in [0.1, 0.15) is 31.6 Å². The van der Waals surface area contributed by atoms with Gasteiger partial charge in [0.25, 0.3) is 10.0 Å². The predicted octanol–water partition coefficient (Wildman–Crippen LogP) is 2.06. The van der Waals surface area contributed by atoms with E-state index in [9.17, 15) is 8.42 Å². The molecule has 2 N–H and O–H groups in total. The van der Waals surface area contributed by atoms with Gasteiger partial charge in [-0.2, -0.15) is 4.31 Å². The third-order valence-electron chi connectivity index (χ3n) is 3.70. The van der Waals surface area contributed by atoms with Crippen molar-refractivity contribution in [2.45, 2.75) is 43.4 Å². The summed E-state index contributed by atoms with van der Waals surface area (Å²) in [5, 5.41) is 0. The molecule has 1 aliphatic heterocycles. The van der Waals surface area contributed by atoms with E-state index >= 15 is 0 Å². The summed E-state index contributed by atoms with van der Waals surface area (Å²) in [5.41, 5.74) is 6.06. The molecular weight excluding hydrogens is 280 g/mol. The van der Waals surface area contributed by atoms with Crippen molar-refractivity contribution in [2.24, 2.45) is 11.7 Å². The Bertz CT molecular complexity index is 525. The second-order valence-electron chi connectivity index (χ2n) is 5.11. The molecule has 2 rings (SSSR count). The number of hydrogen-bond donors (Lipinski definition) is 1. The SMILES string of the molecule is CCC[C@H]1CN(S(=O)(=O)c2ccc(CC)s2)C[C@@H]1N. The number of nitrogens with zero attached hydrogens (tertiary/aromatic N) is 1. The summed E-state index contributed by atoms with van der Waals surface area (Å²) in [6, 6.07) is 3.59. The van der Waals surface area contributed by atoms with Crippen molar-refractivity contribution in [3.8, 4) is 0 Å². The first-order chi connectivity index (χ1) is 8.98. The van der Waals surface area contributed by atoms with Crippen molar-refractivity contribution in [1.82, 2.24) is 4.31 Å². The van der Waals surface area contributed by atoms with Crippen LogP contribution in [0, 0.1) is 5.92 Å².